The van der Waals surface area contributed by atoms with E-state index in [9.17, 15) is 4.79 Å². The molecule has 0 fully saturated rings. The zero-order valence-corrected chi connectivity index (χ0v) is 13.2. The lowest BCUT2D eigenvalue weighted by Crippen LogP contribution is -2.18. The molecule has 0 radical (unpaired) electrons. The molecule has 1 aliphatic heterocycles. The number of fused-ring (bicyclic) bond motifs is 1. The smallest absolute Gasteiger partial charge is 0.271 e. The minimum absolute atomic E-state index is 0.249. The largest absolute Gasteiger partial charge is 0.488 e. The van der Waals surface area contributed by atoms with Crippen molar-refractivity contribution in [2.24, 2.45) is 5.10 Å². The maximum atomic E-state index is 11.9. The number of amides is 1. The summed E-state index contributed by atoms with van der Waals surface area (Å²) in [5, 5.41) is 3.98. The van der Waals surface area contributed by atoms with Crippen LogP contribution >= 0.6 is 15.9 Å². The summed E-state index contributed by atoms with van der Waals surface area (Å²) in [4.78, 5) is 11.9. The van der Waals surface area contributed by atoms with Gasteiger partial charge in [0.15, 0.2) is 0 Å². The lowest BCUT2D eigenvalue weighted by Gasteiger charge is -2.15. The van der Waals surface area contributed by atoms with Crippen LogP contribution in [0.5, 0.6) is 5.75 Å². The van der Waals surface area contributed by atoms with Gasteiger partial charge in [0, 0.05) is 21.2 Å². The fourth-order valence-corrected chi connectivity index (χ4v) is 2.31. The highest BCUT2D eigenvalue weighted by Gasteiger charge is 2.09. The first-order chi connectivity index (χ1) is 10.7. The maximum absolute atomic E-state index is 11.9. The van der Waals surface area contributed by atoms with Crippen molar-refractivity contribution in [3.05, 3.63) is 69.7 Å². The Morgan fingerprint density at radius 3 is 2.77 bits per heavy atom. The molecule has 110 valence electrons. The van der Waals surface area contributed by atoms with Gasteiger partial charge in [0.2, 0.25) is 0 Å². The van der Waals surface area contributed by atoms with Gasteiger partial charge in [-0.05, 0) is 36.4 Å². The Bertz CT molecular complexity index is 752. The normalized spacial score (nSPS) is 13.2. The Labute approximate surface area is 136 Å². The number of benzene rings is 2. The Morgan fingerprint density at radius 1 is 1.18 bits per heavy atom. The number of para-hydroxylation sites is 1. The third-order valence-electron chi connectivity index (χ3n) is 3.16. The van der Waals surface area contributed by atoms with Crippen LogP contribution in [0.3, 0.4) is 0 Å². The summed E-state index contributed by atoms with van der Waals surface area (Å²) in [6, 6.07) is 14.9. The highest BCUT2D eigenvalue weighted by atomic mass is 79.9. The number of carbonyl (C=O) groups excluding carboxylic acids is 1. The molecular weight excluding hydrogens is 344 g/mol. The van der Waals surface area contributed by atoms with Gasteiger partial charge >= 0.3 is 0 Å². The monoisotopic (exact) mass is 356 g/mol. The van der Waals surface area contributed by atoms with Crippen LogP contribution in [-0.2, 0) is 0 Å². The van der Waals surface area contributed by atoms with Crippen molar-refractivity contribution in [1.82, 2.24) is 5.43 Å². The summed E-state index contributed by atoms with van der Waals surface area (Å²) in [5.74, 6) is 0.611. The topological polar surface area (TPSA) is 50.7 Å². The molecule has 1 heterocycles. The van der Waals surface area contributed by atoms with E-state index in [-0.39, 0.29) is 5.91 Å². The van der Waals surface area contributed by atoms with Crippen molar-refractivity contribution < 1.29 is 9.53 Å². The van der Waals surface area contributed by atoms with Crippen molar-refractivity contribution in [3.63, 3.8) is 0 Å². The van der Waals surface area contributed by atoms with E-state index in [0.717, 1.165) is 21.4 Å². The van der Waals surface area contributed by atoms with Gasteiger partial charge in [-0.1, -0.05) is 34.1 Å². The number of rotatable bonds is 3. The van der Waals surface area contributed by atoms with E-state index in [4.69, 9.17) is 4.74 Å². The molecule has 4 nitrogen and oxygen atoms in total. The fourth-order valence-electron chi connectivity index (χ4n) is 2.05. The Kier molecular flexibility index (Phi) is 4.34. The zero-order valence-electron chi connectivity index (χ0n) is 11.6. The second-order valence-corrected chi connectivity index (χ2v) is 5.67. The number of hydrazone groups is 1. The Hall–Kier alpha value is -2.40. The summed E-state index contributed by atoms with van der Waals surface area (Å²) in [5.41, 5.74) is 4.97. The lowest BCUT2D eigenvalue weighted by atomic mass is 10.1. The molecule has 1 amide bonds. The highest BCUT2D eigenvalue weighted by molar-refractivity contribution is 9.10. The van der Waals surface area contributed by atoms with Crippen LogP contribution in [0.2, 0.25) is 0 Å². The third-order valence-corrected chi connectivity index (χ3v) is 3.69. The zero-order chi connectivity index (χ0) is 15.4. The molecule has 0 saturated heterocycles. The molecule has 0 aliphatic carbocycles. The van der Waals surface area contributed by atoms with Crippen molar-refractivity contribution in [2.45, 2.75) is 0 Å². The van der Waals surface area contributed by atoms with E-state index in [2.05, 4.69) is 26.5 Å². The van der Waals surface area contributed by atoms with Crippen LogP contribution < -0.4 is 10.2 Å². The van der Waals surface area contributed by atoms with Gasteiger partial charge in [-0.3, -0.25) is 4.79 Å². The molecule has 0 aromatic heterocycles. The molecule has 0 spiro atoms. The van der Waals surface area contributed by atoms with E-state index < -0.39 is 0 Å². The molecule has 0 saturated carbocycles. The van der Waals surface area contributed by atoms with Gasteiger partial charge in [0.25, 0.3) is 5.91 Å². The van der Waals surface area contributed by atoms with Crippen LogP contribution in [0.15, 0.2) is 63.7 Å². The van der Waals surface area contributed by atoms with E-state index in [1.807, 2.05) is 42.5 Å². The minimum atomic E-state index is -0.249. The summed E-state index contributed by atoms with van der Waals surface area (Å²) < 4.78 is 6.54. The summed E-state index contributed by atoms with van der Waals surface area (Å²) >= 11 is 3.33. The van der Waals surface area contributed by atoms with Crippen molar-refractivity contribution in [1.29, 1.82) is 0 Å². The Morgan fingerprint density at radius 2 is 1.95 bits per heavy atom. The second-order valence-electron chi connectivity index (χ2n) is 4.75. The Balaban J connectivity index is 1.64. The first kappa shape index (κ1) is 14.5. The summed E-state index contributed by atoms with van der Waals surface area (Å²) in [6.07, 6.45) is 3.60. The molecule has 2 aromatic rings. The minimum Gasteiger partial charge on any atom is -0.488 e. The summed E-state index contributed by atoms with van der Waals surface area (Å²) in [7, 11) is 0. The third kappa shape index (κ3) is 3.43. The van der Waals surface area contributed by atoms with E-state index in [1.165, 1.54) is 0 Å². The van der Waals surface area contributed by atoms with E-state index >= 15 is 0 Å². The number of nitrogens with one attached hydrogen (secondary N) is 1. The van der Waals surface area contributed by atoms with Crippen LogP contribution in [0.1, 0.15) is 15.9 Å². The maximum Gasteiger partial charge on any atom is 0.271 e. The number of carbonyl (C=O) groups is 1. The number of halogens is 1. The van der Waals surface area contributed by atoms with Gasteiger partial charge < -0.3 is 4.74 Å². The lowest BCUT2D eigenvalue weighted by molar-refractivity contribution is 0.0955. The highest BCUT2D eigenvalue weighted by Crippen LogP contribution is 2.24. The SMILES string of the molecule is O=C(N/N=C\C1=Cc2ccccc2OC1)c1ccc(Br)cc1. The van der Waals surface area contributed by atoms with Crippen molar-refractivity contribution in [2.75, 3.05) is 6.61 Å². The average Bonchev–Trinajstić information content (AvgIpc) is 2.55. The number of hydrogen-bond donors (Lipinski definition) is 1. The van der Waals surface area contributed by atoms with Gasteiger partial charge in [0.05, 0.1) is 6.21 Å². The molecule has 1 N–H and O–H groups in total. The van der Waals surface area contributed by atoms with Gasteiger partial charge in [0.1, 0.15) is 12.4 Å². The van der Waals surface area contributed by atoms with E-state index in [1.54, 1.807) is 18.3 Å². The predicted molar refractivity (Wildman–Crippen MR) is 90.0 cm³/mol. The molecule has 22 heavy (non-hydrogen) atoms. The van der Waals surface area contributed by atoms with Crippen molar-refractivity contribution >= 4 is 34.1 Å². The van der Waals surface area contributed by atoms with Gasteiger partial charge in [-0.15, -0.1) is 0 Å². The molecule has 0 unspecified atom stereocenters. The molecular formula is C17H13BrN2O2. The number of ether oxygens (including phenoxy) is 1. The fraction of sp³-hybridized carbons (Fsp3) is 0.0588. The van der Waals surface area contributed by atoms with Crippen LogP contribution in [0.4, 0.5) is 0 Å². The molecule has 2 aromatic carbocycles. The standard InChI is InChI=1S/C17H13BrN2O2/c18-15-7-5-13(6-8-15)17(21)20-19-10-12-9-14-3-1-2-4-16(14)22-11-12/h1-10H,11H2,(H,20,21)/b19-10-. The van der Waals surface area contributed by atoms with Crippen molar-refractivity contribution in [3.8, 4) is 5.75 Å². The number of nitrogens with zero attached hydrogens (tertiary/aromatic N) is 1. The average molecular weight is 357 g/mol. The first-order valence-electron chi connectivity index (χ1n) is 6.74. The number of hydrogen-bond acceptors (Lipinski definition) is 3. The van der Waals surface area contributed by atoms with Crippen LogP contribution in [0.25, 0.3) is 6.08 Å². The first-order valence-corrected chi connectivity index (χ1v) is 7.53. The quantitative estimate of drug-likeness (QED) is 0.674. The second kappa shape index (κ2) is 6.58. The predicted octanol–water partition coefficient (Wildman–Crippen LogP) is 3.64. The molecule has 1 aliphatic rings. The summed E-state index contributed by atoms with van der Waals surface area (Å²) in [6.45, 7) is 0.439. The molecule has 0 bridgehead atoms. The molecule has 3 rings (SSSR count). The van der Waals surface area contributed by atoms with Gasteiger partial charge in [-0.2, -0.15) is 5.10 Å². The van der Waals surface area contributed by atoms with Crippen LogP contribution in [-0.4, -0.2) is 18.7 Å². The van der Waals surface area contributed by atoms with Gasteiger partial charge in [-0.25, -0.2) is 5.43 Å². The molecule has 0 atom stereocenters. The molecule has 5 heteroatoms. The van der Waals surface area contributed by atoms with E-state index in [0.29, 0.717) is 12.2 Å². The van der Waals surface area contributed by atoms with Crippen LogP contribution in [0, 0.1) is 0 Å².